The molecular formula is C25H27ClFN3O4. The van der Waals surface area contributed by atoms with E-state index in [0.29, 0.717) is 11.5 Å². The Morgan fingerprint density at radius 3 is 2.79 bits per heavy atom. The van der Waals surface area contributed by atoms with Crippen LogP contribution < -0.4 is 20.7 Å². The van der Waals surface area contributed by atoms with E-state index in [1.165, 1.54) is 25.3 Å². The topological polar surface area (TPSA) is 88.7 Å². The van der Waals surface area contributed by atoms with Crippen LogP contribution >= 0.6 is 11.6 Å². The first-order valence-corrected chi connectivity index (χ1v) is 11.8. The van der Waals surface area contributed by atoms with Gasteiger partial charge in [0, 0.05) is 35.9 Å². The highest BCUT2D eigenvalue weighted by Crippen LogP contribution is 2.53. The quantitative estimate of drug-likeness (QED) is 0.514. The average molecular weight is 488 g/mol. The number of methoxy groups -OCH3 is 1. The lowest BCUT2D eigenvalue weighted by molar-refractivity contribution is -0.124. The van der Waals surface area contributed by atoms with Gasteiger partial charge in [-0.05, 0) is 67.5 Å². The number of esters is 1. The summed E-state index contributed by atoms with van der Waals surface area (Å²) < 4.78 is 23.8. The Morgan fingerprint density at radius 1 is 1.21 bits per heavy atom. The third-order valence-corrected chi connectivity index (χ3v) is 7.48. The van der Waals surface area contributed by atoms with Crippen LogP contribution in [0.15, 0.2) is 36.4 Å². The number of halogens is 2. The van der Waals surface area contributed by atoms with Gasteiger partial charge in [-0.1, -0.05) is 11.6 Å². The zero-order valence-electron chi connectivity index (χ0n) is 18.8. The number of ether oxygens (including phenoxy) is 2. The van der Waals surface area contributed by atoms with Crippen LogP contribution in [-0.4, -0.2) is 43.7 Å². The lowest BCUT2D eigenvalue weighted by Gasteiger charge is -2.43. The van der Waals surface area contributed by atoms with E-state index in [-0.39, 0.29) is 46.9 Å². The van der Waals surface area contributed by atoms with Crippen molar-refractivity contribution in [3.63, 3.8) is 0 Å². The van der Waals surface area contributed by atoms with E-state index < -0.39 is 5.82 Å². The number of hydrogen-bond donors (Lipinski definition) is 3. The Morgan fingerprint density at radius 2 is 2.03 bits per heavy atom. The number of benzene rings is 2. The maximum atomic E-state index is 13.5. The summed E-state index contributed by atoms with van der Waals surface area (Å²) >= 11 is 5.68. The molecule has 0 radical (unpaired) electrons. The number of nitrogens with one attached hydrogen (secondary N) is 3. The number of hydrogen-bond acceptors (Lipinski definition) is 6. The van der Waals surface area contributed by atoms with Crippen LogP contribution in [0.25, 0.3) is 0 Å². The van der Waals surface area contributed by atoms with E-state index in [2.05, 4.69) is 16.0 Å². The highest BCUT2D eigenvalue weighted by molar-refractivity contribution is 6.30. The maximum Gasteiger partial charge on any atom is 0.337 e. The molecule has 4 aliphatic rings. The first kappa shape index (κ1) is 22.9. The molecule has 7 nitrogen and oxygen atoms in total. The molecule has 0 spiro atoms. The molecule has 3 N–H and O–H groups in total. The Bertz CT molecular complexity index is 1120. The summed E-state index contributed by atoms with van der Waals surface area (Å²) in [5.74, 6) is -0.463. The monoisotopic (exact) mass is 487 g/mol. The number of carbonyl (C=O) groups is 2. The number of amides is 1. The molecular weight excluding hydrogens is 461 g/mol. The third-order valence-electron chi connectivity index (χ3n) is 7.17. The van der Waals surface area contributed by atoms with Crippen molar-refractivity contribution in [3.8, 4) is 5.75 Å². The molecule has 6 rings (SSSR count). The molecule has 9 heteroatoms. The van der Waals surface area contributed by atoms with E-state index in [1.54, 1.807) is 6.07 Å². The summed E-state index contributed by atoms with van der Waals surface area (Å²) in [6, 6.07) is 9.92. The van der Waals surface area contributed by atoms with Crippen molar-refractivity contribution in [3.05, 3.63) is 58.4 Å². The summed E-state index contributed by atoms with van der Waals surface area (Å²) in [5, 5.41) is 10.3. The first-order chi connectivity index (χ1) is 16.4. The molecule has 2 unspecified atom stereocenters. The minimum Gasteiger partial charge on any atom is -0.484 e. The molecule has 1 heterocycles. The van der Waals surface area contributed by atoms with Gasteiger partial charge in [0.05, 0.1) is 17.7 Å². The van der Waals surface area contributed by atoms with Crippen molar-refractivity contribution in [2.45, 2.75) is 43.3 Å². The molecule has 34 heavy (non-hydrogen) atoms. The number of anilines is 1. The van der Waals surface area contributed by atoms with Crippen LogP contribution in [0.2, 0.25) is 5.02 Å². The predicted molar refractivity (Wildman–Crippen MR) is 126 cm³/mol. The van der Waals surface area contributed by atoms with E-state index in [4.69, 9.17) is 21.1 Å². The molecule has 3 fully saturated rings. The highest BCUT2D eigenvalue weighted by Gasteiger charge is 2.57. The minimum absolute atomic E-state index is 0.0122. The first-order valence-electron chi connectivity index (χ1n) is 11.5. The normalized spacial score (nSPS) is 26.6. The second kappa shape index (κ2) is 9.07. The lowest BCUT2D eigenvalue weighted by atomic mass is 9.75. The molecule has 2 bridgehead atoms. The van der Waals surface area contributed by atoms with Crippen LogP contribution in [0.3, 0.4) is 0 Å². The van der Waals surface area contributed by atoms with Gasteiger partial charge in [0.1, 0.15) is 11.6 Å². The standard InChI is InChI=1S/C25H27ClFN3O4/c1-33-24(32)14-2-5-20-17(8-14)21(6-7-28-20)30-25-10-15(11-25)22(12-25)29-23(31)13-34-16-3-4-18(26)19(27)9-16/h2-5,8-9,15,21-22,28,30H,6-7,10-13H2,1H3,(H,29,31). The largest absolute Gasteiger partial charge is 0.484 e. The molecule has 2 aromatic rings. The average Bonchev–Trinajstić information content (AvgIpc) is 3.32. The van der Waals surface area contributed by atoms with Gasteiger partial charge in [-0.3, -0.25) is 4.79 Å². The van der Waals surface area contributed by atoms with E-state index >= 15 is 0 Å². The molecule has 1 amide bonds. The van der Waals surface area contributed by atoms with E-state index in [0.717, 1.165) is 43.5 Å². The van der Waals surface area contributed by atoms with Gasteiger partial charge in [-0.25, -0.2) is 9.18 Å². The maximum absolute atomic E-state index is 13.5. The molecule has 1 aliphatic heterocycles. The lowest BCUT2D eigenvalue weighted by Crippen LogP contribution is -2.51. The van der Waals surface area contributed by atoms with Gasteiger partial charge in [0.15, 0.2) is 6.61 Å². The highest BCUT2D eigenvalue weighted by atomic mass is 35.5. The molecule has 2 aromatic carbocycles. The van der Waals surface area contributed by atoms with Gasteiger partial charge in [-0.2, -0.15) is 0 Å². The van der Waals surface area contributed by atoms with Crippen molar-refractivity contribution < 1.29 is 23.5 Å². The van der Waals surface area contributed by atoms with Gasteiger partial charge in [-0.15, -0.1) is 0 Å². The summed E-state index contributed by atoms with van der Waals surface area (Å²) in [4.78, 5) is 24.5. The zero-order chi connectivity index (χ0) is 23.9. The third kappa shape index (κ3) is 4.44. The van der Waals surface area contributed by atoms with E-state index in [9.17, 15) is 14.0 Å². The van der Waals surface area contributed by atoms with Gasteiger partial charge < -0.3 is 25.4 Å². The molecule has 3 saturated carbocycles. The smallest absolute Gasteiger partial charge is 0.337 e. The summed E-state index contributed by atoms with van der Waals surface area (Å²) in [6.45, 7) is 0.674. The number of fused-ring (bicyclic) bond motifs is 2. The van der Waals surface area contributed by atoms with Crippen LogP contribution in [0.5, 0.6) is 5.75 Å². The predicted octanol–water partition coefficient (Wildman–Crippen LogP) is 3.83. The summed E-state index contributed by atoms with van der Waals surface area (Å²) in [6.07, 6.45) is 3.75. The molecule has 2 atom stereocenters. The van der Waals surface area contributed by atoms with Crippen LogP contribution in [-0.2, 0) is 9.53 Å². The summed E-state index contributed by atoms with van der Waals surface area (Å²) in [7, 11) is 1.38. The van der Waals surface area contributed by atoms with Gasteiger partial charge >= 0.3 is 5.97 Å². The Labute approximate surface area is 202 Å². The zero-order valence-corrected chi connectivity index (χ0v) is 19.6. The van der Waals surface area contributed by atoms with Crippen molar-refractivity contribution in [2.24, 2.45) is 5.92 Å². The van der Waals surface area contributed by atoms with Crippen LogP contribution in [0.1, 0.15) is 47.6 Å². The Kier molecular flexibility index (Phi) is 6.12. The Balaban J connectivity index is 1.18. The fraction of sp³-hybridized carbons (Fsp3) is 0.440. The number of carbonyl (C=O) groups excluding carboxylic acids is 2. The SMILES string of the molecule is COC(=O)c1ccc2c(c1)C(NC13CC(C1)C(NC(=O)COc1ccc(Cl)c(F)c1)C3)CCN2. The fourth-order valence-electron chi connectivity index (χ4n) is 5.58. The van der Waals surface area contributed by atoms with Crippen LogP contribution in [0, 0.1) is 11.7 Å². The molecule has 180 valence electrons. The second-order valence-electron chi connectivity index (χ2n) is 9.40. The number of rotatable bonds is 7. The molecule has 3 aliphatic carbocycles. The molecule has 0 aromatic heterocycles. The molecule has 0 saturated heterocycles. The van der Waals surface area contributed by atoms with Crippen molar-refractivity contribution in [2.75, 3.05) is 25.6 Å². The van der Waals surface area contributed by atoms with Crippen molar-refractivity contribution >= 4 is 29.2 Å². The van der Waals surface area contributed by atoms with Gasteiger partial charge in [0.25, 0.3) is 5.91 Å². The van der Waals surface area contributed by atoms with Crippen molar-refractivity contribution in [1.82, 2.24) is 10.6 Å². The van der Waals surface area contributed by atoms with Crippen molar-refractivity contribution in [1.29, 1.82) is 0 Å². The van der Waals surface area contributed by atoms with Crippen LogP contribution in [0.4, 0.5) is 10.1 Å². The van der Waals surface area contributed by atoms with E-state index in [1.807, 2.05) is 12.1 Å². The second-order valence-corrected chi connectivity index (χ2v) is 9.80. The van der Waals surface area contributed by atoms with Gasteiger partial charge in [0.2, 0.25) is 0 Å². The Hall–Kier alpha value is -2.84. The fourth-order valence-corrected chi connectivity index (χ4v) is 5.69. The summed E-state index contributed by atoms with van der Waals surface area (Å²) in [5.41, 5.74) is 2.62. The minimum atomic E-state index is -0.581.